The molecule has 0 unspecified atom stereocenters. The predicted octanol–water partition coefficient (Wildman–Crippen LogP) is 1.94. The van der Waals surface area contributed by atoms with Crippen LogP contribution in [0.15, 0.2) is 18.2 Å². The third-order valence-corrected chi connectivity index (χ3v) is 2.79. The van der Waals surface area contributed by atoms with Gasteiger partial charge in [-0.25, -0.2) is 0 Å². The average molecular weight is 221 g/mol. The summed E-state index contributed by atoms with van der Waals surface area (Å²) in [6.45, 7) is 0.931. The third kappa shape index (κ3) is 3.07. The Morgan fingerprint density at radius 2 is 2.27 bits per heavy atom. The molecule has 15 heavy (non-hydrogen) atoms. The van der Waals surface area contributed by atoms with Gasteiger partial charge in [0.15, 0.2) is 0 Å². The zero-order chi connectivity index (χ0) is 11.3. The van der Waals surface area contributed by atoms with Gasteiger partial charge in [-0.2, -0.15) is 17.0 Å². The van der Waals surface area contributed by atoms with E-state index < -0.39 is 0 Å². The monoisotopic (exact) mass is 221 g/mol. The molecule has 0 spiro atoms. The first-order valence-electron chi connectivity index (χ1n) is 4.68. The van der Waals surface area contributed by atoms with Gasteiger partial charge >= 0.3 is 0 Å². The maximum Gasteiger partial charge on any atom is 0.0992 e. The fourth-order valence-corrected chi connectivity index (χ4v) is 1.75. The van der Waals surface area contributed by atoms with Crippen molar-refractivity contribution in [2.45, 2.75) is 0 Å². The first kappa shape index (κ1) is 11.7. The molecule has 0 atom stereocenters. The lowest BCUT2D eigenvalue weighted by molar-refractivity contribution is 0.979. The lowest BCUT2D eigenvalue weighted by Gasteiger charge is -2.20. The highest BCUT2D eigenvalue weighted by Gasteiger charge is 2.05. The summed E-state index contributed by atoms with van der Waals surface area (Å²) in [5.74, 6) is 1.05. The van der Waals surface area contributed by atoms with E-state index in [1.54, 1.807) is 23.9 Å². The number of rotatable bonds is 4. The van der Waals surface area contributed by atoms with Gasteiger partial charge in [0.25, 0.3) is 0 Å². The smallest absolute Gasteiger partial charge is 0.0992 e. The Bertz CT molecular complexity index is 371. The Hall–Kier alpha value is -1.34. The summed E-state index contributed by atoms with van der Waals surface area (Å²) < 4.78 is 0. The summed E-state index contributed by atoms with van der Waals surface area (Å²) >= 11 is 1.79. The van der Waals surface area contributed by atoms with Crippen LogP contribution >= 0.6 is 11.8 Å². The maximum absolute atomic E-state index is 8.80. The SMILES string of the molecule is CSCCN(C)c1cc(C#N)ccc1N. The molecule has 0 aliphatic rings. The van der Waals surface area contributed by atoms with Crippen LogP contribution < -0.4 is 10.6 Å². The molecule has 0 fully saturated rings. The molecule has 0 bridgehead atoms. The highest BCUT2D eigenvalue weighted by atomic mass is 32.2. The van der Waals surface area contributed by atoms with Crippen molar-refractivity contribution in [2.24, 2.45) is 0 Å². The molecule has 0 amide bonds. The Kier molecular flexibility index (Phi) is 4.32. The molecule has 0 aromatic heterocycles. The summed E-state index contributed by atoms with van der Waals surface area (Å²) in [6.07, 6.45) is 2.07. The van der Waals surface area contributed by atoms with Gasteiger partial charge in [-0.3, -0.25) is 0 Å². The number of hydrogen-bond donors (Lipinski definition) is 1. The van der Waals surface area contributed by atoms with Crippen LogP contribution in [0.4, 0.5) is 11.4 Å². The van der Waals surface area contributed by atoms with Crippen molar-refractivity contribution in [1.29, 1.82) is 5.26 Å². The largest absolute Gasteiger partial charge is 0.397 e. The number of nitriles is 1. The van der Waals surface area contributed by atoms with Crippen molar-refractivity contribution in [3.8, 4) is 6.07 Å². The molecular formula is C11H15N3S. The van der Waals surface area contributed by atoms with E-state index in [0.29, 0.717) is 5.56 Å². The fourth-order valence-electron chi connectivity index (χ4n) is 1.29. The molecule has 0 saturated heterocycles. The average Bonchev–Trinajstić information content (AvgIpc) is 2.26. The minimum Gasteiger partial charge on any atom is -0.397 e. The van der Waals surface area contributed by atoms with Gasteiger partial charge in [0.2, 0.25) is 0 Å². The highest BCUT2D eigenvalue weighted by molar-refractivity contribution is 7.98. The van der Waals surface area contributed by atoms with Gasteiger partial charge in [-0.1, -0.05) is 0 Å². The molecule has 0 radical (unpaired) electrons. The van der Waals surface area contributed by atoms with E-state index in [4.69, 9.17) is 11.0 Å². The third-order valence-electron chi connectivity index (χ3n) is 2.20. The van der Waals surface area contributed by atoms with Crippen molar-refractivity contribution in [3.63, 3.8) is 0 Å². The summed E-state index contributed by atoms with van der Waals surface area (Å²) in [6, 6.07) is 7.47. The van der Waals surface area contributed by atoms with Crippen LogP contribution in [-0.2, 0) is 0 Å². The first-order valence-corrected chi connectivity index (χ1v) is 6.08. The minimum absolute atomic E-state index is 0.648. The van der Waals surface area contributed by atoms with Crippen molar-refractivity contribution in [1.82, 2.24) is 0 Å². The lowest BCUT2D eigenvalue weighted by Crippen LogP contribution is -2.21. The second-order valence-electron chi connectivity index (χ2n) is 3.30. The van der Waals surface area contributed by atoms with E-state index in [1.165, 1.54) is 0 Å². The van der Waals surface area contributed by atoms with Gasteiger partial charge in [0.05, 0.1) is 23.0 Å². The molecule has 0 heterocycles. The summed E-state index contributed by atoms with van der Waals surface area (Å²) in [7, 11) is 1.99. The van der Waals surface area contributed by atoms with Crippen molar-refractivity contribution < 1.29 is 0 Å². The van der Waals surface area contributed by atoms with Crippen LogP contribution in [-0.4, -0.2) is 25.6 Å². The summed E-state index contributed by atoms with van der Waals surface area (Å²) in [5, 5.41) is 8.80. The molecule has 1 aromatic rings. The standard InChI is InChI=1S/C11H15N3S/c1-14(5-6-15-2)11-7-9(8-12)3-4-10(11)13/h3-4,7H,5-6,13H2,1-2H3. The number of hydrogen-bond acceptors (Lipinski definition) is 4. The van der Waals surface area contributed by atoms with Crippen LogP contribution in [0.1, 0.15) is 5.56 Å². The van der Waals surface area contributed by atoms with Crippen LogP contribution in [0.2, 0.25) is 0 Å². The van der Waals surface area contributed by atoms with Crippen LogP contribution in [0, 0.1) is 11.3 Å². The second-order valence-corrected chi connectivity index (χ2v) is 4.29. The summed E-state index contributed by atoms with van der Waals surface area (Å²) in [5.41, 5.74) is 8.16. The Morgan fingerprint density at radius 3 is 2.87 bits per heavy atom. The Balaban J connectivity index is 2.87. The number of anilines is 2. The minimum atomic E-state index is 0.648. The Morgan fingerprint density at radius 1 is 1.53 bits per heavy atom. The molecule has 80 valence electrons. The molecule has 2 N–H and O–H groups in total. The number of nitrogens with zero attached hydrogens (tertiary/aromatic N) is 2. The van der Waals surface area contributed by atoms with Crippen molar-refractivity contribution >= 4 is 23.1 Å². The molecule has 0 aliphatic carbocycles. The Labute approximate surface area is 94.9 Å². The molecular weight excluding hydrogens is 206 g/mol. The first-order chi connectivity index (χ1) is 7.19. The van der Waals surface area contributed by atoms with Crippen LogP contribution in [0.5, 0.6) is 0 Å². The van der Waals surface area contributed by atoms with Crippen LogP contribution in [0.25, 0.3) is 0 Å². The number of nitrogens with two attached hydrogens (primary N) is 1. The van der Waals surface area contributed by atoms with Gasteiger partial charge in [0.1, 0.15) is 0 Å². The van der Waals surface area contributed by atoms with Gasteiger partial charge in [-0.15, -0.1) is 0 Å². The number of benzene rings is 1. The number of nitrogen functional groups attached to an aromatic ring is 1. The second kappa shape index (κ2) is 5.52. The molecule has 4 heteroatoms. The zero-order valence-corrected chi connectivity index (χ0v) is 9.84. The molecule has 1 rings (SSSR count). The van der Waals surface area contributed by atoms with E-state index in [9.17, 15) is 0 Å². The van der Waals surface area contributed by atoms with Crippen molar-refractivity contribution in [3.05, 3.63) is 23.8 Å². The van der Waals surface area contributed by atoms with E-state index in [0.717, 1.165) is 23.7 Å². The van der Waals surface area contributed by atoms with Gasteiger partial charge < -0.3 is 10.6 Å². The van der Waals surface area contributed by atoms with Gasteiger partial charge in [-0.05, 0) is 24.5 Å². The van der Waals surface area contributed by atoms with E-state index >= 15 is 0 Å². The normalized spacial score (nSPS) is 9.67. The molecule has 1 aromatic carbocycles. The molecule has 0 saturated carbocycles. The lowest BCUT2D eigenvalue weighted by atomic mass is 10.2. The predicted molar refractivity (Wildman–Crippen MR) is 67.2 cm³/mol. The fraction of sp³-hybridized carbons (Fsp3) is 0.364. The van der Waals surface area contributed by atoms with Gasteiger partial charge in [0, 0.05) is 19.3 Å². The van der Waals surface area contributed by atoms with E-state index in [1.807, 2.05) is 13.1 Å². The number of thioether (sulfide) groups is 1. The summed E-state index contributed by atoms with van der Waals surface area (Å²) in [4.78, 5) is 2.08. The van der Waals surface area contributed by atoms with E-state index in [-0.39, 0.29) is 0 Å². The maximum atomic E-state index is 8.80. The molecule has 0 aliphatic heterocycles. The quantitative estimate of drug-likeness (QED) is 0.789. The van der Waals surface area contributed by atoms with Crippen LogP contribution in [0.3, 0.4) is 0 Å². The highest BCUT2D eigenvalue weighted by Crippen LogP contribution is 2.23. The van der Waals surface area contributed by atoms with E-state index in [2.05, 4.69) is 17.2 Å². The topological polar surface area (TPSA) is 53.0 Å². The molecule has 3 nitrogen and oxygen atoms in total. The zero-order valence-electron chi connectivity index (χ0n) is 9.03. The van der Waals surface area contributed by atoms with Crippen molar-refractivity contribution in [2.75, 3.05) is 36.2 Å².